The molecular weight excluding hydrogens is 359 g/mol. The average Bonchev–Trinajstić information content (AvgIpc) is 2.32. The zero-order chi connectivity index (χ0) is 13.3. The van der Waals surface area contributed by atoms with E-state index in [1.807, 2.05) is 12.1 Å². The van der Waals surface area contributed by atoms with Crippen molar-refractivity contribution in [3.63, 3.8) is 0 Å². The summed E-state index contributed by atoms with van der Waals surface area (Å²) in [4.78, 5) is -0.120. The first-order chi connectivity index (χ1) is 8.49. The lowest BCUT2D eigenvalue weighted by atomic mass is 10.00. The van der Waals surface area contributed by atoms with Crippen LogP contribution in [0.15, 0.2) is 40.9 Å². The molecule has 3 heteroatoms. The van der Waals surface area contributed by atoms with Crippen LogP contribution in [0.1, 0.15) is 27.1 Å². The molecule has 0 radical (unpaired) electrons. The number of hydrogen-bond donors (Lipinski definition) is 0. The number of hydrogen-bond acceptors (Lipinski definition) is 0. The number of alkyl halides is 1. The van der Waals surface area contributed by atoms with Crippen molar-refractivity contribution in [3.05, 3.63) is 68.9 Å². The van der Waals surface area contributed by atoms with Crippen LogP contribution in [-0.4, -0.2) is 0 Å². The van der Waals surface area contributed by atoms with Crippen molar-refractivity contribution in [1.29, 1.82) is 0 Å². The normalized spacial score (nSPS) is 12.5. The third-order valence-electron chi connectivity index (χ3n) is 3.06. The van der Waals surface area contributed by atoms with Gasteiger partial charge in [-0.15, -0.1) is 0 Å². The van der Waals surface area contributed by atoms with Crippen LogP contribution in [0.5, 0.6) is 0 Å². The van der Waals surface area contributed by atoms with Gasteiger partial charge in [0.2, 0.25) is 0 Å². The van der Waals surface area contributed by atoms with Crippen molar-refractivity contribution in [3.8, 4) is 0 Å². The van der Waals surface area contributed by atoms with Gasteiger partial charge in [-0.1, -0.05) is 56.1 Å². The lowest BCUT2D eigenvalue weighted by molar-refractivity contribution is 0.612. The van der Waals surface area contributed by atoms with Crippen LogP contribution < -0.4 is 0 Å². The first-order valence-corrected chi connectivity index (χ1v) is 7.36. The highest BCUT2D eigenvalue weighted by molar-refractivity contribution is 9.10. The highest BCUT2D eigenvalue weighted by atomic mass is 79.9. The second-order valence-electron chi connectivity index (χ2n) is 4.37. The smallest absolute Gasteiger partial charge is 0.129 e. The van der Waals surface area contributed by atoms with E-state index in [1.54, 1.807) is 6.07 Å². The van der Waals surface area contributed by atoms with Gasteiger partial charge in [-0.05, 0) is 42.7 Å². The van der Waals surface area contributed by atoms with Gasteiger partial charge in [0.1, 0.15) is 5.82 Å². The Balaban J connectivity index is 2.41. The van der Waals surface area contributed by atoms with E-state index in [0.717, 1.165) is 10.0 Å². The Kier molecular flexibility index (Phi) is 4.23. The Hall–Kier alpha value is -0.670. The van der Waals surface area contributed by atoms with Crippen molar-refractivity contribution < 1.29 is 4.39 Å². The summed E-state index contributed by atoms with van der Waals surface area (Å²) in [7, 11) is 0. The molecule has 0 fully saturated rings. The summed E-state index contributed by atoms with van der Waals surface area (Å²) in [5.74, 6) is -0.204. The molecule has 0 nitrogen and oxygen atoms in total. The standard InChI is InChI=1S/C15H13Br2F/c1-9-3-4-11(7-10(9)2)15(17)13-6-5-12(16)8-14(13)18/h3-8,15H,1-2H3. The molecule has 94 valence electrons. The van der Waals surface area contributed by atoms with Crippen molar-refractivity contribution in [1.82, 2.24) is 0 Å². The van der Waals surface area contributed by atoms with E-state index in [9.17, 15) is 4.39 Å². The lowest BCUT2D eigenvalue weighted by Crippen LogP contribution is -1.97. The molecule has 1 atom stereocenters. The number of rotatable bonds is 2. The Labute approximate surface area is 123 Å². The van der Waals surface area contributed by atoms with Crippen molar-refractivity contribution in [2.75, 3.05) is 0 Å². The Bertz CT molecular complexity index is 579. The van der Waals surface area contributed by atoms with Crippen molar-refractivity contribution in [2.24, 2.45) is 0 Å². The van der Waals surface area contributed by atoms with E-state index in [4.69, 9.17) is 0 Å². The van der Waals surface area contributed by atoms with Gasteiger partial charge in [-0.3, -0.25) is 0 Å². The Morgan fingerprint density at radius 1 is 1.00 bits per heavy atom. The first-order valence-electron chi connectivity index (χ1n) is 5.65. The summed E-state index contributed by atoms with van der Waals surface area (Å²) in [6.07, 6.45) is 0. The molecular formula is C15H13Br2F. The van der Waals surface area contributed by atoms with E-state index >= 15 is 0 Å². The number of benzene rings is 2. The van der Waals surface area contributed by atoms with E-state index in [1.165, 1.54) is 17.2 Å². The number of aryl methyl sites for hydroxylation is 2. The van der Waals surface area contributed by atoms with Gasteiger partial charge in [0.25, 0.3) is 0 Å². The minimum atomic E-state index is -0.204. The van der Waals surface area contributed by atoms with E-state index < -0.39 is 0 Å². The van der Waals surface area contributed by atoms with Gasteiger partial charge in [0, 0.05) is 10.0 Å². The van der Waals surface area contributed by atoms with Crippen molar-refractivity contribution in [2.45, 2.75) is 18.7 Å². The summed E-state index contributed by atoms with van der Waals surface area (Å²) < 4.78 is 14.7. The van der Waals surface area contributed by atoms with Gasteiger partial charge in [-0.2, -0.15) is 0 Å². The van der Waals surface area contributed by atoms with Gasteiger partial charge >= 0.3 is 0 Å². The van der Waals surface area contributed by atoms with Crippen LogP contribution in [-0.2, 0) is 0 Å². The molecule has 0 N–H and O–H groups in total. The summed E-state index contributed by atoms with van der Waals surface area (Å²) in [6.45, 7) is 4.14. The Morgan fingerprint density at radius 2 is 1.72 bits per heavy atom. The van der Waals surface area contributed by atoms with Crippen LogP contribution in [0.4, 0.5) is 4.39 Å². The highest BCUT2D eigenvalue weighted by Gasteiger charge is 2.15. The van der Waals surface area contributed by atoms with E-state index in [-0.39, 0.29) is 10.6 Å². The lowest BCUT2D eigenvalue weighted by Gasteiger charge is -2.13. The molecule has 2 aromatic rings. The zero-order valence-corrected chi connectivity index (χ0v) is 13.3. The molecule has 1 unspecified atom stereocenters. The molecule has 18 heavy (non-hydrogen) atoms. The van der Waals surface area contributed by atoms with Crippen molar-refractivity contribution >= 4 is 31.9 Å². The van der Waals surface area contributed by atoms with Crippen LogP contribution in [0.3, 0.4) is 0 Å². The zero-order valence-electron chi connectivity index (χ0n) is 10.2. The van der Waals surface area contributed by atoms with E-state index in [0.29, 0.717) is 5.56 Å². The van der Waals surface area contributed by atoms with Gasteiger partial charge in [-0.25, -0.2) is 4.39 Å². The van der Waals surface area contributed by atoms with Crippen LogP contribution in [0.2, 0.25) is 0 Å². The third kappa shape index (κ3) is 2.83. The maximum atomic E-state index is 13.9. The van der Waals surface area contributed by atoms with Gasteiger partial charge in [0.05, 0.1) is 4.83 Å². The maximum absolute atomic E-state index is 13.9. The topological polar surface area (TPSA) is 0 Å². The van der Waals surface area contributed by atoms with Gasteiger partial charge < -0.3 is 0 Å². The summed E-state index contributed by atoms with van der Waals surface area (Å²) >= 11 is 6.84. The third-order valence-corrected chi connectivity index (χ3v) is 4.57. The van der Waals surface area contributed by atoms with Crippen LogP contribution in [0, 0.1) is 19.7 Å². The predicted octanol–water partition coefficient (Wildman–Crippen LogP) is 5.69. The van der Waals surface area contributed by atoms with Crippen LogP contribution in [0.25, 0.3) is 0 Å². The molecule has 2 rings (SSSR count). The van der Waals surface area contributed by atoms with E-state index in [2.05, 4.69) is 57.8 Å². The molecule has 0 bridgehead atoms. The van der Waals surface area contributed by atoms with Gasteiger partial charge in [0.15, 0.2) is 0 Å². The number of halogens is 3. The maximum Gasteiger partial charge on any atom is 0.129 e. The molecule has 0 aromatic heterocycles. The monoisotopic (exact) mass is 370 g/mol. The molecule has 0 aliphatic carbocycles. The summed E-state index contributed by atoms with van der Waals surface area (Å²) in [5.41, 5.74) is 4.19. The highest BCUT2D eigenvalue weighted by Crippen LogP contribution is 2.34. The second kappa shape index (κ2) is 5.54. The average molecular weight is 372 g/mol. The summed E-state index contributed by atoms with van der Waals surface area (Å²) in [5, 5.41) is 0. The summed E-state index contributed by atoms with van der Waals surface area (Å²) in [6, 6.07) is 11.3. The molecule has 0 amide bonds. The fraction of sp³-hybridized carbons (Fsp3) is 0.200. The minimum Gasteiger partial charge on any atom is -0.207 e. The van der Waals surface area contributed by atoms with Crippen LogP contribution >= 0.6 is 31.9 Å². The SMILES string of the molecule is Cc1ccc(C(Br)c2ccc(Br)cc2F)cc1C. The molecule has 0 saturated carbocycles. The predicted molar refractivity (Wildman–Crippen MR) is 80.8 cm³/mol. The fourth-order valence-electron chi connectivity index (χ4n) is 1.81. The molecule has 0 heterocycles. The molecule has 0 aliphatic rings. The fourth-order valence-corrected chi connectivity index (χ4v) is 2.80. The molecule has 0 aliphatic heterocycles. The second-order valence-corrected chi connectivity index (χ2v) is 6.20. The molecule has 0 spiro atoms. The Morgan fingerprint density at radius 3 is 2.33 bits per heavy atom. The molecule has 0 saturated heterocycles. The molecule has 2 aromatic carbocycles. The quantitative estimate of drug-likeness (QED) is 0.595. The minimum absolute atomic E-state index is 0.120. The first kappa shape index (κ1) is 13.8. The largest absolute Gasteiger partial charge is 0.207 e.